The number of carbonyl (C=O) groups excluding carboxylic acids is 1. The summed E-state index contributed by atoms with van der Waals surface area (Å²) in [7, 11) is 0. The van der Waals surface area contributed by atoms with Gasteiger partial charge in [-0.15, -0.1) is 0 Å². The standard InChI is InChI=1S/C15H16N2O/c18-15(9-13-5-3-7-16-13)12-8-11-4-1-2-6-14(11)17-10-12/h1-2,4,6,8,10,13,16H,3,5,7,9H2. The van der Waals surface area contributed by atoms with E-state index in [0.717, 1.165) is 29.4 Å². The summed E-state index contributed by atoms with van der Waals surface area (Å²) in [6.07, 6.45) is 4.56. The number of pyridine rings is 1. The molecule has 1 atom stereocenters. The molecule has 0 radical (unpaired) electrons. The van der Waals surface area contributed by atoms with E-state index in [4.69, 9.17) is 0 Å². The summed E-state index contributed by atoms with van der Waals surface area (Å²) in [6, 6.07) is 10.2. The smallest absolute Gasteiger partial charge is 0.165 e. The van der Waals surface area contributed by atoms with Gasteiger partial charge in [-0.2, -0.15) is 0 Å². The number of nitrogens with zero attached hydrogens (tertiary/aromatic N) is 1. The average molecular weight is 240 g/mol. The first kappa shape index (κ1) is 11.4. The quantitative estimate of drug-likeness (QED) is 0.838. The number of Topliss-reactive ketones (excluding diaryl/α,β-unsaturated/α-hetero) is 1. The number of benzene rings is 1. The molecule has 1 N–H and O–H groups in total. The van der Waals surface area contributed by atoms with Crippen molar-refractivity contribution in [3.05, 3.63) is 42.1 Å². The highest BCUT2D eigenvalue weighted by atomic mass is 16.1. The minimum absolute atomic E-state index is 0.188. The van der Waals surface area contributed by atoms with Crippen LogP contribution in [-0.4, -0.2) is 23.4 Å². The van der Waals surface area contributed by atoms with Gasteiger partial charge < -0.3 is 5.32 Å². The second-order valence-corrected chi connectivity index (χ2v) is 4.84. The molecule has 1 saturated heterocycles. The molecule has 1 unspecified atom stereocenters. The highest BCUT2D eigenvalue weighted by molar-refractivity contribution is 5.99. The maximum Gasteiger partial charge on any atom is 0.165 e. The topological polar surface area (TPSA) is 42.0 Å². The molecule has 0 bridgehead atoms. The van der Waals surface area contributed by atoms with Gasteiger partial charge in [-0.25, -0.2) is 0 Å². The Bertz CT molecular complexity index is 573. The van der Waals surface area contributed by atoms with Gasteiger partial charge in [0.15, 0.2) is 5.78 Å². The van der Waals surface area contributed by atoms with Crippen LogP contribution in [-0.2, 0) is 0 Å². The highest BCUT2D eigenvalue weighted by Gasteiger charge is 2.18. The monoisotopic (exact) mass is 240 g/mol. The SMILES string of the molecule is O=C(CC1CCCN1)c1cnc2ccccc2c1. The zero-order valence-electron chi connectivity index (χ0n) is 10.2. The third-order valence-corrected chi connectivity index (χ3v) is 3.51. The van der Waals surface area contributed by atoms with Crippen LogP contribution < -0.4 is 5.32 Å². The largest absolute Gasteiger partial charge is 0.314 e. The van der Waals surface area contributed by atoms with Crippen LogP contribution in [0.15, 0.2) is 36.5 Å². The summed E-state index contributed by atoms with van der Waals surface area (Å²) >= 11 is 0. The van der Waals surface area contributed by atoms with E-state index in [2.05, 4.69) is 10.3 Å². The Hall–Kier alpha value is -1.74. The maximum absolute atomic E-state index is 12.2. The molecule has 2 aromatic rings. The highest BCUT2D eigenvalue weighted by Crippen LogP contribution is 2.16. The Labute approximate surface area is 106 Å². The molecular weight excluding hydrogens is 224 g/mol. The van der Waals surface area contributed by atoms with Crippen LogP contribution >= 0.6 is 0 Å². The zero-order valence-corrected chi connectivity index (χ0v) is 10.2. The lowest BCUT2D eigenvalue weighted by Crippen LogP contribution is -2.24. The van der Waals surface area contributed by atoms with Gasteiger partial charge in [0, 0.05) is 29.6 Å². The Kier molecular flexibility index (Phi) is 3.07. The minimum Gasteiger partial charge on any atom is -0.314 e. The Morgan fingerprint density at radius 3 is 3.11 bits per heavy atom. The van der Waals surface area contributed by atoms with Crippen LogP contribution in [0.4, 0.5) is 0 Å². The van der Waals surface area contributed by atoms with Crippen molar-refractivity contribution in [2.75, 3.05) is 6.54 Å². The van der Waals surface area contributed by atoms with E-state index >= 15 is 0 Å². The van der Waals surface area contributed by atoms with Crippen molar-refractivity contribution in [3.63, 3.8) is 0 Å². The Balaban J connectivity index is 1.82. The molecule has 0 amide bonds. The van der Waals surface area contributed by atoms with Crippen molar-refractivity contribution >= 4 is 16.7 Å². The molecule has 1 aliphatic heterocycles. The predicted octanol–water partition coefficient (Wildman–Crippen LogP) is 2.56. The van der Waals surface area contributed by atoms with Crippen molar-refractivity contribution in [3.8, 4) is 0 Å². The van der Waals surface area contributed by atoms with Gasteiger partial charge in [0.2, 0.25) is 0 Å². The van der Waals surface area contributed by atoms with Crippen molar-refractivity contribution in [2.45, 2.75) is 25.3 Å². The Morgan fingerprint density at radius 2 is 2.28 bits per heavy atom. The van der Waals surface area contributed by atoms with Gasteiger partial charge in [-0.3, -0.25) is 9.78 Å². The van der Waals surface area contributed by atoms with Crippen molar-refractivity contribution < 1.29 is 4.79 Å². The van der Waals surface area contributed by atoms with Crippen LogP contribution in [0.3, 0.4) is 0 Å². The molecule has 0 aliphatic carbocycles. The number of fused-ring (bicyclic) bond motifs is 1. The first-order chi connectivity index (χ1) is 8.83. The molecule has 92 valence electrons. The van der Waals surface area contributed by atoms with E-state index in [9.17, 15) is 4.79 Å². The molecular formula is C15H16N2O. The van der Waals surface area contributed by atoms with Crippen LogP contribution in [0.25, 0.3) is 10.9 Å². The van der Waals surface area contributed by atoms with Gasteiger partial charge in [-0.1, -0.05) is 18.2 Å². The van der Waals surface area contributed by atoms with E-state index < -0.39 is 0 Å². The normalized spacial score (nSPS) is 19.2. The molecule has 3 rings (SSSR count). The average Bonchev–Trinajstić information content (AvgIpc) is 2.91. The van der Waals surface area contributed by atoms with Crippen LogP contribution in [0.1, 0.15) is 29.6 Å². The second-order valence-electron chi connectivity index (χ2n) is 4.84. The second kappa shape index (κ2) is 4.86. The minimum atomic E-state index is 0.188. The fraction of sp³-hybridized carbons (Fsp3) is 0.333. The summed E-state index contributed by atoms with van der Waals surface area (Å²) in [5, 5.41) is 4.38. The van der Waals surface area contributed by atoms with Gasteiger partial charge in [-0.05, 0) is 31.5 Å². The lowest BCUT2D eigenvalue weighted by molar-refractivity contribution is 0.0971. The van der Waals surface area contributed by atoms with Crippen LogP contribution in [0.5, 0.6) is 0 Å². The first-order valence-electron chi connectivity index (χ1n) is 6.44. The van der Waals surface area contributed by atoms with Crippen LogP contribution in [0, 0.1) is 0 Å². The maximum atomic E-state index is 12.2. The molecule has 1 aliphatic rings. The number of nitrogens with one attached hydrogen (secondary N) is 1. The molecule has 0 saturated carbocycles. The zero-order chi connectivity index (χ0) is 12.4. The van der Waals surface area contributed by atoms with E-state index in [1.807, 2.05) is 30.3 Å². The number of para-hydroxylation sites is 1. The van der Waals surface area contributed by atoms with Crippen molar-refractivity contribution in [1.82, 2.24) is 10.3 Å². The summed E-state index contributed by atoms with van der Waals surface area (Å²) in [6.45, 7) is 1.04. The third kappa shape index (κ3) is 2.27. The van der Waals surface area contributed by atoms with Crippen molar-refractivity contribution in [1.29, 1.82) is 0 Å². The fourth-order valence-corrected chi connectivity index (χ4v) is 2.50. The van der Waals surface area contributed by atoms with Gasteiger partial charge >= 0.3 is 0 Å². The van der Waals surface area contributed by atoms with Gasteiger partial charge in [0.25, 0.3) is 0 Å². The van der Waals surface area contributed by atoms with Gasteiger partial charge in [0.1, 0.15) is 0 Å². The van der Waals surface area contributed by atoms with Gasteiger partial charge in [0.05, 0.1) is 5.52 Å². The Morgan fingerprint density at radius 1 is 1.39 bits per heavy atom. The summed E-state index contributed by atoms with van der Waals surface area (Å²) in [5.41, 5.74) is 1.66. The number of rotatable bonds is 3. The molecule has 1 aromatic carbocycles. The number of carbonyl (C=O) groups is 1. The number of aromatic nitrogens is 1. The van der Waals surface area contributed by atoms with E-state index in [1.54, 1.807) is 6.20 Å². The van der Waals surface area contributed by atoms with E-state index in [0.29, 0.717) is 12.5 Å². The molecule has 0 spiro atoms. The lowest BCUT2D eigenvalue weighted by Gasteiger charge is -2.09. The van der Waals surface area contributed by atoms with E-state index in [-0.39, 0.29) is 5.78 Å². The molecule has 3 nitrogen and oxygen atoms in total. The number of ketones is 1. The van der Waals surface area contributed by atoms with Crippen molar-refractivity contribution in [2.24, 2.45) is 0 Å². The molecule has 2 heterocycles. The number of hydrogen-bond acceptors (Lipinski definition) is 3. The molecule has 1 fully saturated rings. The predicted molar refractivity (Wildman–Crippen MR) is 71.7 cm³/mol. The first-order valence-corrected chi connectivity index (χ1v) is 6.44. The summed E-state index contributed by atoms with van der Waals surface area (Å²) < 4.78 is 0. The summed E-state index contributed by atoms with van der Waals surface area (Å²) in [4.78, 5) is 16.5. The van der Waals surface area contributed by atoms with E-state index in [1.165, 1.54) is 6.42 Å². The molecule has 1 aromatic heterocycles. The van der Waals surface area contributed by atoms with Crippen LogP contribution in [0.2, 0.25) is 0 Å². The molecule has 3 heteroatoms. The summed E-state index contributed by atoms with van der Waals surface area (Å²) in [5.74, 6) is 0.188. The number of hydrogen-bond donors (Lipinski definition) is 1. The fourth-order valence-electron chi connectivity index (χ4n) is 2.50. The third-order valence-electron chi connectivity index (χ3n) is 3.51. The molecule has 18 heavy (non-hydrogen) atoms. The lowest BCUT2D eigenvalue weighted by atomic mass is 10.0.